The van der Waals surface area contributed by atoms with Crippen LogP contribution in [-0.2, 0) is 0 Å². The zero-order valence-electron chi connectivity index (χ0n) is 8.20. The summed E-state index contributed by atoms with van der Waals surface area (Å²) in [5.41, 5.74) is 2.45. The first-order valence-electron chi connectivity index (χ1n) is 5.04. The Hall–Kier alpha value is -1.51. The zero-order chi connectivity index (χ0) is 9.54. The summed E-state index contributed by atoms with van der Waals surface area (Å²) < 4.78 is 0. The first-order valence-corrected chi connectivity index (χ1v) is 5.04. The Morgan fingerprint density at radius 3 is 3.21 bits per heavy atom. The molecule has 1 N–H and O–H groups in total. The molecular weight excluding hydrogens is 174 g/mol. The molecule has 0 amide bonds. The minimum absolute atomic E-state index is 0.452. The fourth-order valence-corrected chi connectivity index (χ4v) is 2.20. The molecular formula is C11H13N3. The first kappa shape index (κ1) is 7.85. The Labute approximate surface area is 83.4 Å². The summed E-state index contributed by atoms with van der Waals surface area (Å²) in [6.07, 6.45) is 0. The van der Waals surface area contributed by atoms with Crippen LogP contribution >= 0.6 is 0 Å². The van der Waals surface area contributed by atoms with Crippen LogP contribution in [0.25, 0.3) is 0 Å². The van der Waals surface area contributed by atoms with Gasteiger partial charge in [-0.2, -0.15) is 0 Å². The van der Waals surface area contributed by atoms with E-state index in [0.29, 0.717) is 6.04 Å². The highest BCUT2D eigenvalue weighted by Crippen LogP contribution is 2.34. The molecule has 2 aliphatic rings. The van der Waals surface area contributed by atoms with Gasteiger partial charge in [0.05, 0.1) is 11.7 Å². The van der Waals surface area contributed by atoms with Crippen molar-refractivity contribution in [1.29, 1.82) is 0 Å². The van der Waals surface area contributed by atoms with E-state index in [2.05, 4.69) is 40.3 Å². The van der Waals surface area contributed by atoms with Gasteiger partial charge in [0, 0.05) is 18.7 Å². The lowest BCUT2D eigenvalue weighted by molar-refractivity contribution is 0.365. The molecule has 1 aromatic carbocycles. The van der Waals surface area contributed by atoms with Crippen molar-refractivity contribution in [3.05, 3.63) is 29.8 Å². The van der Waals surface area contributed by atoms with Crippen molar-refractivity contribution in [3.8, 4) is 0 Å². The summed E-state index contributed by atoms with van der Waals surface area (Å²) in [6.45, 7) is 4.31. The Balaban J connectivity index is 2.15. The molecule has 2 aliphatic heterocycles. The van der Waals surface area contributed by atoms with Crippen LogP contribution in [0.15, 0.2) is 29.3 Å². The summed E-state index contributed by atoms with van der Waals surface area (Å²) in [5.74, 6) is 1.04. The Morgan fingerprint density at radius 2 is 2.29 bits per heavy atom. The van der Waals surface area contributed by atoms with Crippen LogP contribution in [-0.4, -0.2) is 23.9 Å². The number of hydrogen-bond acceptors (Lipinski definition) is 3. The smallest absolute Gasteiger partial charge is 0.199 e. The predicted octanol–water partition coefficient (Wildman–Crippen LogP) is 1.65. The molecule has 3 rings (SSSR count). The van der Waals surface area contributed by atoms with E-state index in [9.17, 15) is 0 Å². The van der Waals surface area contributed by atoms with Crippen molar-refractivity contribution >= 4 is 11.6 Å². The minimum Gasteiger partial charge on any atom is -0.354 e. The molecule has 1 unspecified atom stereocenters. The second-order valence-corrected chi connectivity index (χ2v) is 3.79. The lowest BCUT2D eigenvalue weighted by Crippen LogP contribution is -2.34. The van der Waals surface area contributed by atoms with Crippen LogP contribution in [0.2, 0.25) is 0 Å². The summed E-state index contributed by atoms with van der Waals surface area (Å²) in [5, 5.41) is 3.31. The molecule has 0 saturated carbocycles. The summed E-state index contributed by atoms with van der Waals surface area (Å²) in [7, 11) is 0. The molecule has 72 valence electrons. The maximum absolute atomic E-state index is 4.59. The molecule has 0 aliphatic carbocycles. The highest BCUT2D eigenvalue weighted by molar-refractivity contribution is 5.87. The van der Waals surface area contributed by atoms with Crippen molar-refractivity contribution in [3.63, 3.8) is 0 Å². The number of guanidine groups is 1. The van der Waals surface area contributed by atoms with Gasteiger partial charge in [0.25, 0.3) is 0 Å². The van der Waals surface area contributed by atoms with Gasteiger partial charge in [0.2, 0.25) is 0 Å². The van der Waals surface area contributed by atoms with Crippen molar-refractivity contribution in [2.45, 2.75) is 13.0 Å². The normalized spacial score (nSPS) is 23.6. The molecule has 0 radical (unpaired) electrons. The van der Waals surface area contributed by atoms with E-state index < -0.39 is 0 Å². The molecule has 0 aromatic heterocycles. The Kier molecular flexibility index (Phi) is 1.54. The maximum atomic E-state index is 4.59. The summed E-state index contributed by atoms with van der Waals surface area (Å²) >= 11 is 0. The molecule has 3 nitrogen and oxygen atoms in total. The van der Waals surface area contributed by atoms with Crippen LogP contribution in [0.1, 0.15) is 18.5 Å². The second kappa shape index (κ2) is 2.74. The van der Waals surface area contributed by atoms with Gasteiger partial charge in [-0.1, -0.05) is 18.2 Å². The van der Waals surface area contributed by atoms with E-state index in [-0.39, 0.29) is 0 Å². The monoisotopic (exact) mass is 187 g/mol. The van der Waals surface area contributed by atoms with Crippen molar-refractivity contribution in [2.75, 3.05) is 13.1 Å². The predicted molar refractivity (Wildman–Crippen MR) is 56.7 cm³/mol. The van der Waals surface area contributed by atoms with Gasteiger partial charge in [0.1, 0.15) is 0 Å². The topological polar surface area (TPSA) is 27.6 Å². The number of aliphatic imine (C=N–C) groups is 1. The number of nitrogens with zero attached hydrogens (tertiary/aromatic N) is 2. The van der Waals surface area contributed by atoms with Gasteiger partial charge < -0.3 is 10.2 Å². The van der Waals surface area contributed by atoms with Gasteiger partial charge in [0.15, 0.2) is 5.96 Å². The third-order valence-electron chi connectivity index (χ3n) is 2.99. The largest absolute Gasteiger partial charge is 0.354 e. The minimum atomic E-state index is 0.452. The van der Waals surface area contributed by atoms with E-state index in [1.165, 1.54) is 5.56 Å². The summed E-state index contributed by atoms with van der Waals surface area (Å²) in [4.78, 5) is 6.91. The third-order valence-corrected chi connectivity index (χ3v) is 2.99. The molecule has 1 saturated heterocycles. The molecule has 3 heteroatoms. The molecule has 14 heavy (non-hydrogen) atoms. The number of fused-ring (bicyclic) bond motifs is 2. The van der Waals surface area contributed by atoms with E-state index in [0.717, 1.165) is 24.7 Å². The van der Waals surface area contributed by atoms with Gasteiger partial charge >= 0.3 is 0 Å². The number of benzene rings is 1. The molecule has 1 atom stereocenters. The lowest BCUT2D eigenvalue weighted by atomic mass is 10.0. The maximum Gasteiger partial charge on any atom is 0.199 e. The quantitative estimate of drug-likeness (QED) is 0.668. The third kappa shape index (κ3) is 0.953. The molecule has 2 heterocycles. The molecule has 0 spiro atoms. The fraction of sp³-hybridized carbons (Fsp3) is 0.364. The Bertz CT molecular complexity index is 397. The first-order chi connectivity index (χ1) is 6.86. The zero-order valence-corrected chi connectivity index (χ0v) is 8.20. The number of rotatable bonds is 0. The van der Waals surface area contributed by atoms with Crippen LogP contribution < -0.4 is 5.32 Å². The lowest BCUT2D eigenvalue weighted by Gasteiger charge is -2.30. The highest BCUT2D eigenvalue weighted by Gasteiger charge is 2.29. The van der Waals surface area contributed by atoms with Gasteiger partial charge in [-0.05, 0) is 13.0 Å². The second-order valence-electron chi connectivity index (χ2n) is 3.79. The van der Waals surface area contributed by atoms with Gasteiger partial charge in [-0.25, -0.2) is 4.99 Å². The van der Waals surface area contributed by atoms with Crippen LogP contribution in [0.5, 0.6) is 0 Å². The van der Waals surface area contributed by atoms with Gasteiger partial charge in [-0.3, -0.25) is 0 Å². The van der Waals surface area contributed by atoms with E-state index in [1.54, 1.807) is 0 Å². The molecule has 1 fully saturated rings. The van der Waals surface area contributed by atoms with E-state index >= 15 is 0 Å². The Morgan fingerprint density at radius 1 is 1.43 bits per heavy atom. The fourth-order valence-electron chi connectivity index (χ4n) is 2.20. The number of hydrogen-bond donors (Lipinski definition) is 1. The molecule has 0 bridgehead atoms. The number of nitrogens with one attached hydrogen (secondary N) is 1. The van der Waals surface area contributed by atoms with E-state index in [1.807, 2.05) is 6.07 Å². The standard InChI is InChI=1S/C11H13N3/c1-8-9-4-2-3-5-10(9)13-11-12-6-7-14(8)11/h2-5,8H,6-7H2,1H3,(H,12,13). The van der Waals surface area contributed by atoms with Crippen molar-refractivity contribution in [2.24, 2.45) is 4.99 Å². The van der Waals surface area contributed by atoms with Gasteiger partial charge in [-0.15, -0.1) is 0 Å². The highest BCUT2D eigenvalue weighted by atomic mass is 15.4. The van der Waals surface area contributed by atoms with Crippen molar-refractivity contribution < 1.29 is 0 Å². The summed E-state index contributed by atoms with van der Waals surface area (Å²) in [6, 6.07) is 8.82. The van der Waals surface area contributed by atoms with Crippen LogP contribution in [0.3, 0.4) is 0 Å². The van der Waals surface area contributed by atoms with Crippen molar-refractivity contribution in [1.82, 2.24) is 10.2 Å². The average Bonchev–Trinajstić information content (AvgIpc) is 2.66. The SMILES string of the molecule is CC1c2ccccc2N=C2NCCN21. The van der Waals surface area contributed by atoms with E-state index in [4.69, 9.17) is 0 Å². The van der Waals surface area contributed by atoms with Crippen LogP contribution in [0, 0.1) is 0 Å². The number of para-hydroxylation sites is 1. The van der Waals surface area contributed by atoms with Crippen LogP contribution in [0.4, 0.5) is 5.69 Å². The molecule has 1 aromatic rings. The average molecular weight is 187 g/mol.